The van der Waals surface area contributed by atoms with Crippen molar-refractivity contribution in [3.8, 4) is 0 Å². The molecule has 1 saturated heterocycles. The van der Waals surface area contributed by atoms with E-state index in [-0.39, 0.29) is 0 Å². The third-order valence-corrected chi connectivity index (χ3v) is 4.86. The van der Waals surface area contributed by atoms with Crippen molar-refractivity contribution >= 4 is 27.0 Å². The van der Waals surface area contributed by atoms with Crippen molar-refractivity contribution in [1.29, 1.82) is 0 Å². The lowest BCUT2D eigenvalue weighted by Crippen LogP contribution is -2.34. The molecule has 0 amide bonds. The Morgan fingerprint density at radius 2 is 2.24 bits per heavy atom. The van der Waals surface area contributed by atoms with Crippen LogP contribution in [0, 0.1) is 0 Å². The molecule has 1 fully saturated rings. The number of benzene rings is 1. The molecule has 3 rings (SSSR count). The summed E-state index contributed by atoms with van der Waals surface area (Å²) in [6.07, 6.45) is 6.26. The maximum Gasteiger partial charge on any atom is 0.110 e. The molecular weight excluding hydrogens is 326 g/mol. The summed E-state index contributed by atoms with van der Waals surface area (Å²) in [5.74, 6) is 1.23. The zero-order valence-corrected chi connectivity index (χ0v) is 14.5. The summed E-state index contributed by atoms with van der Waals surface area (Å²) < 4.78 is 3.49. The average molecular weight is 350 g/mol. The third kappa shape index (κ3) is 3.32. The molecule has 114 valence electrons. The second-order valence-electron chi connectivity index (χ2n) is 6.31. The number of aromatic nitrogens is 2. The molecule has 1 N–H and O–H groups in total. The molecule has 0 aliphatic carbocycles. The van der Waals surface area contributed by atoms with Crippen LogP contribution in [0.15, 0.2) is 22.7 Å². The van der Waals surface area contributed by atoms with Gasteiger partial charge in [0.15, 0.2) is 0 Å². The topological polar surface area (TPSA) is 29.9 Å². The highest BCUT2D eigenvalue weighted by Crippen LogP contribution is 2.25. The van der Waals surface area contributed by atoms with Gasteiger partial charge in [-0.2, -0.15) is 0 Å². The van der Waals surface area contributed by atoms with Crippen LogP contribution in [0.5, 0.6) is 0 Å². The van der Waals surface area contributed by atoms with Crippen molar-refractivity contribution in [3.63, 3.8) is 0 Å². The van der Waals surface area contributed by atoms with Crippen molar-refractivity contribution in [2.24, 2.45) is 0 Å². The van der Waals surface area contributed by atoms with Crippen LogP contribution >= 0.6 is 15.9 Å². The first-order valence-electron chi connectivity index (χ1n) is 8.05. The smallest absolute Gasteiger partial charge is 0.110 e. The lowest BCUT2D eigenvalue weighted by molar-refractivity contribution is 0.378. The quantitative estimate of drug-likeness (QED) is 0.883. The number of hydrogen-bond acceptors (Lipinski definition) is 2. The number of fused-ring (bicyclic) bond motifs is 1. The highest BCUT2D eigenvalue weighted by atomic mass is 79.9. The number of hydrogen-bond donors (Lipinski definition) is 1. The van der Waals surface area contributed by atoms with Crippen LogP contribution in [0.4, 0.5) is 0 Å². The van der Waals surface area contributed by atoms with E-state index in [4.69, 9.17) is 4.98 Å². The van der Waals surface area contributed by atoms with E-state index in [2.05, 4.69) is 57.9 Å². The molecule has 0 radical (unpaired) electrons. The summed E-state index contributed by atoms with van der Waals surface area (Å²) in [4.78, 5) is 4.88. The summed E-state index contributed by atoms with van der Waals surface area (Å²) in [7, 11) is 0. The molecule has 1 aliphatic rings. The number of rotatable bonds is 4. The maximum absolute atomic E-state index is 4.88. The molecule has 3 nitrogen and oxygen atoms in total. The minimum absolute atomic E-state index is 0.450. The van der Waals surface area contributed by atoms with E-state index in [9.17, 15) is 0 Å². The van der Waals surface area contributed by atoms with Crippen molar-refractivity contribution in [3.05, 3.63) is 28.5 Å². The van der Waals surface area contributed by atoms with Crippen molar-refractivity contribution < 1.29 is 0 Å². The Bertz CT molecular complexity index is 612. The molecule has 2 heterocycles. The monoisotopic (exact) mass is 349 g/mol. The molecular formula is C17H24BrN3. The minimum Gasteiger partial charge on any atom is -0.325 e. The molecule has 4 heteroatoms. The SMILES string of the molecule is CC(C)n1c(CCC2CCCCN2)nc2cc(Br)ccc21. The summed E-state index contributed by atoms with van der Waals surface area (Å²) in [5.41, 5.74) is 2.35. The van der Waals surface area contributed by atoms with Crippen LogP contribution in [-0.4, -0.2) is 22.1 Å². The third-order valence-electron chi connectivity index (χ3n) is 4.37. The largest absolute Gasteiger partial charge is 0.325 e. The van der Waals surface area contributed by atoms with E-state index in [0.29, 0.717) is 12.1 Å². The zero-order valence-electron chi connectivity index (χ0n) is 12.9. The standard InChI is InChI=1S/C17H24BrN3/c1-12(2)21-16-8-6-13(18)11-15(16)20-17(21)9-7-14-5-3-4-10-19-14/h6,8,11-12,14,19H,3-5,7,9-10H2,1-2H3. The normalized spacial score (nSPS) is 19.5. The Balaban J connectivity index is 1.84. The van der Waals surface area contributed by atoms with Gasteiger partial charge >= 0.3 is 0 Å². The number of imidazole rings is 1. The van der Waals surface area contributed by atoms with E-state index in [1.807, 2.05) is 0 Å². The summed E-state index contributed by atoms with van der Waals surface area (Å²) >= 11 is 3.55. The first-order chi connectivity index (χ1) is 10.1. The molecule has 0 saturated carbocycles. The Morgan fingerprint density at radius 1 is 1.38 bits per heavy atom. The molecule has 0 spiro atoms. The predicted molar refractivity (Wildman–Crippen MR) is 91.8 cm³/mol. The number of nitrogens with zero attached hydrogens (tertiary/aromatic N) is 2. The van der Waals surface area contributed by atoms with Gasteiger partial charge in [0.05, 0.1) is 11.0 Å². The van der Waals surface area contributed by atoms with Gasteiger partial charge in [0, 0.05) is 23.0 Å². The van der Waals surface area contributed by atoms with Crippen LogP contribution in [0.3, 0.4) is 0 Å². The highest BCUT2D eigenvalue weighted by Gasteiger charge is 2.17. The van der Waals surface area contributed by atoms with E-state index >= 15 is 0 Å². The number of aryl methyl sites for hydroxylation is 1. The van der Waals surface area contributed by atoms with Gasteiger partial charge in [0.25, 0.3) is 0 Å². The van der Waals surface area contributed by atoms with Gasteiger partial charge in [0.2, 0.25) is 0 Å². The van der Waals surface area contributed by atoms with Gasteiger partial charge in [-0.3, -0.25) is 0 Å². The van der Waals surface area contributed by atoms with E-state index in [1.165, 1.54) is 43.6 Å². The fourth-order valence-electron chi connectivity index (χ4n) is 3.35. The predicted octanol–water partition coefficient (Wildman–Crippen LogP) is 4.45. The fourth-order valence-corrected chi connectivity index (χ4v) is 3.70. The fraction of sp³-hybridized carbons (Fsp3) is 0.588. The second kappa shape index (κ2) is 6.49. The van der Waals surface area contributed by atoms with Gasteiger partial charge in [-0.05, 0) is 57.9 Å². The Kier molecular flexibility index (Phi) is 4.65. The van der Waals surface area contributed by atoms with Crippen molar-refractivity contribution in [2.45, 2.75) is 58.0 Å². The summed E-state index contributed by atoms with van der Waals surface area (Å²) in [6, 6.07) is 7.53. The van der Waals surface area contributed by atoms with Gasteiger partial charge in [-0.1, -0.05) is 22.4 Å². The van der Waals surface area contributed by atoms with E-state index < -0.39 is 0 Å². The highest BCUT2D eigenvalue weighted by molar-refractivity contribution is 9.10. The number of piperidine rings is 1. The van der Waals surface area contributed by atoms with Crippen LogP contribution in [0.25, 0.3) is 11.0 Å². The lowest BCUT2D eigenvalue weighted by Gasteiger charge is -2.23. The van der Waals surface area contributed by atoms with Crippen molar-refractivity contribution in [2.75, 3.05) is 6.54 Å². The van der Waals surface area contributed by atoms with E-state index in [1.54, 1.807) is 0 Å². The van der Waals surface area contributed by atoms with Crippen LogP contribution in [0.1, 0.15) is 51.4 Å². The minimum atomic E-state index is 0.450. The molecule has 1 aliphatic heterocycles. The molecule has 1 aromatic carbocycles. The van der Waals surface area contributed by atoms with Gasteiger partial charge in [0.1, 0.15) is 5.82 Å². The number of nitrogens with one attached hydrogen (secondary N) is 1. The van der Waals surface area contributed by atoms with Crippen molar-refractivity contribution in [1.82, 2.24) is 14.9 Å². The first kappa shape index (κ1) is 15.0. The second-order valence-corrected chi connectivity index (χ2v) is 7.23. The molecule has 2 aromatic rings. The molecule has 21 heavy (non-hydrogen) atoms. The number of halogens is 1. The van der Waals surface area contributed by atoms with Gasteiger partial charge in [-0.15, -0.1) is 0 Å². The molecule has 1 atom stereocenters. The van der Waals surface area contributed by atoms with Gasteiger partial charge < -0.3 is 9.88 Å². The molecule has 0 bridgehead atoms. The van der Waals surface area contributed by atoms with Crippen LogP contribution in [0.2, 0.25) is 0 Å². The Morgan fingerprint density at radius 3 is 2.95 bits per heavy atom. The lowest BCUT2D eigenvalue weighted by atomic mass is 10.0. The average Bonchev–Trinajstić information content (AvgIpc) is 2.83. The Labute approximate surface area is 135 Å². The summed E-state index contributed by atoms with van der Waals surface area (Å²) in [6.45, 7) is 5.66. The van der Waals surface area contributed by atoms with Gasteiger partial charge in [-0.25, -0.2) is 4.98 Å². The maximum atomic E-state index is 4.88. The Hall–Kier alpha value is -0.870. The first-order valence-corrected chi connectivity index (χ1v) is 8.84. The molecule has 1 unspecified atom stereocenters. The van der Waals surface area contributed by atoms with Crippen LogP contribution in [-0.2, 0) is 6.42 Å². The molecule has 1 aromatic heterocycles. The van der Waals surface area contributed by atoms with E-state index in [0.717, 1.165) is 16.4 Å². The van der Waals surface area contributed by atoms with Crippen LogP contribution < -0.4 is 5.32 Å². The zero-order chi connectivity index (χ0) is 14.8. The summed E-state index contributed by atoms with van der Waals surface area (Å²) in [5, 5.41) is 3.64.